The van der Waals surface area contributed by atoms with Gasteiger partial charge in [-0.3, -0.25) is 9.48 Å². The minimum absolute atomic E-state index is 0.110. The smallest absolute Gasteiger partial charge is 0.384 e. The summed E-state index contributed by atoms with van der Waals surface area (Å²) in [5.41, 5.74) is 4.53. The fourth-order valence-electron chi connectivity index (χ4n) is 3.70. The zero-order chi connectivity index (χ0) is 22.7. The lowest BCUT2D eigenvalue weighted by molar-refractivity contribution is -0.140. The van der Waals surface area contributed by atoms with Gasteiger partial charge in [0.25, 0.3) is 5.91 Å². The second-order valence-electron chi connectivity index (χ2n) is 7.83. The number of nitrogens with zero attached hydrogens (tertiary/aromatic N) is 5. The van der Waals surface area contributed by atoms with Crippen LogP contribution in [0.2, 0.25) is 0 Å². The Morgan fingerprint density at radius 2 is 1.84 bits per heavy atom. The van der Waals surface area contributed by atoms with Crippen LogP contribution in [0.3, 0.4) is 0 Å². The maximum atomic E-state index is 13.2. The Morgan fingerprint density at radius 1 is 1.13 bits per heavy atom. The third-order valence-corrected chi connectivity index (χ3v) is 5.37. The highest BCUT2D eigenvalue weighted by Gasteiger charge is 2.52. The molecule has 0 bridgehead atoms. The first-order chi connectivity index (χ1) is 14.4. The van der Waals surface area contributed by atoms with E-state index in [1.807, 2.05) is 0 Å². The van der Waals surface area contributed by atoms with Crippen LogP contribution in [0.4, 0.5) is 29.5 Å². The van der Waals surface area contributed by atoms with Crippen LogP contribution in [0.1, 0.15) is 25.1 Å². The van der Waals surface area contributed by atoms with Gasteiger partial charge in [0.1, 0.15) is 11.4 Å². The highest BCUT2D eigenvalue weighted by Crippen LogP contribution is 2.38. The number of imide groups is 1. The van der Waals surface area contributed by atoms with Gasteiger partial charge in [0.05, 0.1) is 11.2 Å². The van der Waals surface area contributed by atoms with E-state index in [1.165, 1.54) is 36.3 Å². The van der Waals surface area contributed by atoms with E-state index in [0.717, 1.165) is 9.58 Å². The highest BCUT2D eigenvalue weighted by molar-refractivity contribution is 6.23. The van der Waals surface area contributed by atoms with Gasteiger partial charge < -0.3 is 10.6 Å². The van der Waals surface area contributed by atoms with Crippen molar-refractivity contribution in [2.24, 2.45) is 7.05 Å². The van der Waals surface area contributed by atoms with Crippen molar-refractivity contribution < 1.29 is 22.8 Å². The number of benzene rings is 1. The molecule has 3 aromatic rings. The lowest BCUT2D eigenvalue weighted by Gasteiger charge is -2.27. The van der Waals surface area contributed by atoms with Crippen LogP contribution >= 0.6 is 0 Å². The molecule has 2 N–H and O–H groups in total. The number of nitrogens with two attached hydrogens (primary N) is 1. The summed E-state index contributed by atoms with van der Waals surface area (Å²) >= 11 is 0. The first kappa shape index (κ1) is 20.6. The molecule has 4 rings (SSSR count). The molecule has 1 fully saturated rings. The molecule has 0 aliphatic carbocycles. The van der Waals surface area contributed by atoms with Crippen molar-refractivity contribution in [3.05, 3.63) is 47.8 Å². The number of rotatable bonds is 3. The zero-order valence-electron chi connectivity index (χ0n) is 16.9. The Morgan fingerprint density at radius 3 is 2.48 bits per heavy atom. The van der Waals surface area contributed by atoms with Gasteiger partial charge in [-0.05, 0) is 49.7 Å². The van der Waals surface area contributed by atoms with Crippen LogP contribution in [0.5, 0.6) is 0 Å². The predicted octanol–water partition coefficient (Wildman–Crippen LogP) is 3.32. The number of carbonyl (C=O) groups is 2. The maximum absolute atomic E-state index is 13.2. The van der Waals surface area contributed by atoms with Gasteiger partial charge in [-0.25, -0.2) is 14.7 Å². The van der Waals surface area contributed by atoms with Crippen molar-refractivity contribution in [2.45, 2.75) is 32.1 Å². The molecule has 2 aromatic heterocycles. The molecule has 8 nitrogen and oxygen atoms in total. The molecule has 162 valence electrons. The number of amides is 3. The number of anilines is 2. The first-order valence-electron chi connectivity index (χ1n) is 9.32. The first-order valence-corrected chi connectivity index (χ1v) is 9.32. The number of alkyl halides is 3. The van der Waals surface area contributed by atoms with E-state index < -0.39 is 29.3 Å². The molecular formula is C20H19F3N6O2. The summed E-state index contributed by atoms with van der Waals surface area (Å²) in [5, 5.41) is 3.44. The Labute approximate surface area is 175 Å². The van der Waals surface area contributed by atoms with Gasteiger partial charge in [-0.1, -0.05) is 0 Å². The predicted molar refractivity (Wildman–Crippen MR) is 107 cm³/mol. The fourth-order valence-corrected chi connectivity index (χ4v) is 3.70. The molecule has 1 saturated heterocycles. The number of aryl methyl sites for hydroxylation is 1. The molecule has 1 aromatic carbocycles. The number of aromatic nitrogens is 3. The van der Waals surface area contributed by atoms with E-state index >= 15 is 0 Å². The van der Waals surface area contributed by atoms with Gasteiger partial charge >= 0.3 is 12.2 Å². The average molecular weight is 432 g/mol. The van der Waals surface area contributed by atoms with Gasteiger partial charge in [-0.2, -0.15) is 18.3 Å². The number of nitrogen functional groups attached to an aromatic ring is 1. The number of hydrogen-bond acceptors (Lipinski definition) is 5. The molecule has 0 atom stereocenters. The van der Waals surface area contributed by atoms with Crippen LogP contribution in [0.25, 0.3) is 10.9 Å². The topological polar surface area (TPSA) is 97.3 Å². The molecule has 0 spiro atoms. The van der Waals surface area contributed by atoms with Crippen molar-refractivity contribution in [3.8, 4) is 0 Å². The molecule has 3 amide bonds. The van der Waals surface area contributed by atoms with Gasteiger partial charge in [0.2, 0.25) is 0 Å². The number of carbonyl (C=O) groups excluding carboxylic acids is 2. The van der Waals surface area contributed by atoms with E-state index in [0.29, 0.717) is 5.56 Å². The Hall–Kier alpha value is -3.63. The summed E-state index contributed by atoms with van der Waals surface area (Å²) in [5.74, 6) is -0.204. The molecule has 0 saturated carbocycles. The molecule has 0 radical (unpaired) electrons. The Balaban J connectivity index is 1.74. The largest absolute Gasteiger partial charge is 0.435 e. The number of hydrogen-bond donors (Lipinski definition) is 1. The molecule has 1 aliphatic rings. The minimum atomic E-state index is -4.62. The maximum Gasteiger partial charge on any atom is 0.435 e. The second-order valence-corrected chi connectivity index (χ2v) is 7.83. The van der Waals surface area contributed by atoms with E-state index in [2.05, 4.69) is 10.1 Å². The summed E-state index contributed by atoms with van der Waals surface area (Å²) in [4.78, 5) is 32.6. The Kier molecular flexibility index (Phi) is 4.45. The number of pyridine rings is 1. The summed E-state index contributed by atoms with van der Waals surface area (Å²) in [7, 11) is 1.37. The highest BCUT2D eigenvalue weighted by atomic mass is 19.4. The SMILES string of the molecule is Cn1nc(C(F)(F)F)c2ccc(N3C(=O)N(Cc4ccnc(N)c4)C(C)(C)C3=O)cc21. The molecular weight excluding hydrogens is 413 g/mol. The number of fused-ring (bicyclic) bond motifs is 1. The summed E-state index contributed by atoms with van der Waals surface area (Å²) in [6.45, 7) is 3.34. The van der Waals surface area contributed by atoms with Crippen LogP contribution < -0.4 is 10.6 Å². The standard InChI is InChI=1S/C20H19F3N6O2/c1-19(2)17(30)29(18(31)28(19)10-11-6-7-25-15(24)8-11)12-4-5-13-14(9-12)27(3)26-16(13)20(21,22)23/h4-9H,10H2,1-3H3,(H2,24,25). The zero-order valence-corrected chi connectivity index (χ0v) is 16.9. The van der Waals surface area contributed by atoms with E-state index in [-0.39, 0.29) is 29.0 Å². The van der Waals surface area contributed by atoms with E-state index in [1.54, 1.807) is 26.0 Å². The van der Waals surface area contributed by atoms with Crippen molar-refractivity contribution in [1.82, 2.24) is 19.7 Å². The molecule has 0 unspecified atom stereocenters. The molecule has 11 heteroatoms. The lowest BCUT2D eigenvalue weighted by Crippen LogP contribution is -2.43. The van der Waals surface area contributed by atoms with Crippen molar-refractivity contribution >= 4 is 34.3 Å². The summed E-state index contributed by atoms with van der Waals surface area (Å²) < 4.78 is 40.8. The Bertz CT molecular complexity index is 1220. The normalized spacial score (nSPS) is 16.6. The average Bonchev–Trinajstić information content (AvgIpc) is 3.09. The summed E-state index contributed by atoms with van der Waals surface area (Å²) in [6, 6.07) is 6.61. The fraction of sp³-hybridized carbons (Fsp3) is 0.300. The quantitative estimate of drug-likeness (QED) is 0.641. The van der Waals surface area contributed by atoms with Crippen LogP contribution in [-0.4, -0.2) is 37.1 Å². The van der Waals surface area contributed by atoms with Crippen molar-refractivity contribution in [3.63, 3.8) is 0 Å². The summed E-state index contributed by atoms with van der Waals surface area (Å²) in [6.07, 6.45) is -3.11. The van der Waals surface area contributed by atoms with Crippen LogP contribution in [0, 0.1) is 0 Å². The van der Waals surface area contributed by atoms with Gasteiger partial charge in [0, 0.05) is 25.2 Å². The number of urea groups is 1. The number of halogens is 3. The third kappa shape index (κ3) is 3.25. The molecule has 1 aliphatic heterocycles. The third-order valence-electron chi connectivity index (χ3n) is 5.37. The van der Waals surface area contributed by atoms with Gasteiger partial charge in [0.15, 0.2) is 5.69 Å². The van der Waals surface area contributed by atoms with Crippen LogP contribution in [-0.2, 0) is 24.6 Å². The molecule has 31 heavy (non-hydrogen) atoms. The van der Waals surface area contributed by atoms with Crippen LogP contribution in [0.15, 0.2) is 36.5 Å². The monoisotopic (exact) mass is 432 g/mol. The molecule has 3 heterocycles. The lowest BCUT2D eigenvalue weighted by atomic mass is 10.0. The van der Waals surface area contributed by atoms with Crippen molar-refractivity contribution in [2.75, 3.05) is 10.6 Å². The van der Waals surface area contributed by atoms with Gasteiger partial charge in [-0.15, -0.1) is 0 Å². The van der Waals surface area contributed by atoms with E-state index in [9.17, 15) is 22.8 Å². The minimum Gasteiger partial charge on any atom is -0.384 e. The van der Waals surface area contributed by atoms with Crippen molar-refractivity contribution in [1.29, 1.82) is 0 Å². The second kappa shape index (κ2) is 6.69. The van der Waals surface area contributed by atoms with E-state index in [4.69, 9.17) is 5.73 Å².